The summed E-state index contributed by atoms with van der Waals surface area (Å²) in [6.07, 6.45) is 3.51. The molecule has 0 saturated carbocycles. The van der Waals surface area contributed by atoms with E-state index in [1.54, 1.807) is 6.34 Å². The summed E-state index contributed by atoms with van der Waals surface area (Å²) < 4.78 is 0. The Morgan fingerprint density at radius 1 is 1.41 bits per heavy atom. The van der Waals surface area contributed by atoms with Crippen LogP contribution < -0.4 is 10.7 Å². The zero-order chi connectivity index (χ0) is 12.3. The molecule has 4 nitrogen and oxygen atoms in total. The molecule has 3 N–H and O–H groups in total. The standard InChI is InChI=1S/C13H17N3O/c1-9-11(7-17)4-3-5-12(9)10(2)13-6-14-8-15-16-13/h3-6,8,10,16-17H,7H2,1-2H3,(H,14,15)/t10-/m1/s1. The molecule has 0 aliphatic carbocycles. The number of rotatable bonds is 3. The molecular weight excluding hydrogens is 214 g/mol. The third kappa shape index (κ3) is 2.31. The highest BCUT2D eigenvalue weighted by molar-refractivity contribution is 5.57. The minimum atomic E-state index is 0.0786. The van der Waals surface area contributed by atoms with Crippen molar-refractivity contribution in [1.82, 2.24) is 10.7 Å². The molecule has 1 heterocycles. The maximum absolute atomic E-state index is 9.27. The van der Waals surface area contributed by atoms with Crippen LogP contribution in [0.2, 0.25) is 0 Å². The number of allylic oxidation sites excluding steroid dienone is 1. The summed E-state index contributed by atoms with van der Waals surface area (Å²) in [5.74, 6) is 0.214. The minimum Gasteiger partial charge on any atom is -0.392 e. The van der Waals surface area contributed by atoms with Crippen molar-refractivity contribution in [2.75, 3.05) is 0 Å². The second-order valence-electron chi connectivity index (χ2n) is 4.15. The molecular formula is C13H17N3O. The first kappa shape index (κ1) is 11.7. The van der Waals surface area contributed by atoms with E-state index in [0.717, 1.165) is 16.8 Å². The fourth-order valence-electron chi connectivity index (χ4n) is 2.04. The van der Waals surface area contributed by atoms with Crippen LogP contribution >= 0.6 is 0 Å². The number of hydrogen-bond donors (Lipinski definition) is 3. The molecule has 0 unspecified atom stereocenters. The van der Waals surface area contributed by atoms with Crippen LogP contribution in [0.4, 0.5) is 0 Å². The fraction of sp³-hybridized carbons (Fsp3) is 0.308. The second-order valence-corrected chi connectivity index (χ2v) is 4.15. The van der Waals surface area contributed by atoms with Crippen molar-refractivity contribution in [3.8, 4) is 0 Å². The Morgan fingerprint density at radius 3 is 2.88 bits per heavy atom. The SMILES string of the molecule is Cc1c(CO)cccc1[C@@H](C)C1=CNC=NN1. The van der Waals surface area contributed by atoms with Gasteiger partial charge >= 0.3 is 0 Å². The van der Waals surface area contributed by atoms with E-state index < -0.39 is 0 Å². The maximum atomic E-state index is 9.27. The molecule has 0 radical (unpaired) electrons. The predicted octanol–water partition coefficient (Wildman–Crippen LogP) is 1.57. The first-order valence-electron chi connectivity index (χ1n) is 5.67. The van der Waals surface area contributed by atoms with Crippen LogP contribution in [0.1, 0.15) is 29.5 Å². The van der Waals surface area contributed by atoms with Gasteiger partial charge in [-0.1, -0.05) is 25.1 Å². The topological polar surface area (TPSA) is 56.6 Å². The lowest BCUT2D eigenvalue weighted by atomic mass is 9.91. The van der Waals surface area contributed by atoms with Crippen molar-refractivity contribution in [3.05, 3.63) is 46.8 Å². The highest BCUT2D eigenvalue weighted by Gasteiger charge is 2.15. The van der Waals surface area contributed by atoms with Crippen LogP contribution in [0.5, 0.6) is 0 Å². The van der Waals surface area contributed by atoms with Gasteiger partial charge in [-0.2, -0.15) is 5.10 Å². The molecule has 1 aromatic rings. The lowest BCUT2D eigenvalue weighted by Gasteiger charge is -2.21. The second kappa shape index (κ2) is 5.01. The molecule has 1 aromatic carbocycles. The van der Waals surface area contributed by atoms with Crippen LogP contribution in [0.3, 0.4) is 0 Å². The molecule has 4 heteroatoms. The van der Waals surface area contributed by atoms with E-state index >= 15 is 0 Å². The summed E-state index contributed by atoms with van der Waals surface area (Å²) >= 11 is 0. The van der Waals surface area contributed by atoms with Gasteiger partial charge in [-0.25, -0.2) is 0 Å². The van der Waals surface area contributed by atoms with Gasteiger partial charge in [-0.05, 0) is 23.6 Å². The first-order valence-corrected chi connectivity index (χ1v) is 5.67. The minimum absolute atomic E-state index is 0.0786. The van der Waals surface area contributed by atoms with Gasteiger partial charge < -0.3 is 10.4 Å². The van der Waals surface area contributed by atoms with Gasteiger partial charge in [0.25, 0.3) is 0 Å². The first-order chi connectivity index (χ1) is 8.24. The number of benzene rings is 1. The zero-order valence-corrected chi connectivity index (χ0v) is 10.1. The largest absolute Gasteiger partial charge is 0.392 e. The lowest BCUT2D eigenvalue weighted by Crippen LogP contribution is -2.22. The van der Waals surface area contributed by atoms with E-state index in [1.807, 2.05) is 25.3 Å². The average Bonchev–Trinajstić information content (AvgIpc) is 2.39. The number of nitrogens with one attached hydrogen (secondary N) is 2. The molecule has 0 amide bonds. The van der Waals surface area contributed by atoms with Crippen molar-refractivity contribution in [2.24, 2.45) is 5.10 Å². The Bertz CT molecular complexity index is 466. The summed E-state index contributed by atoms with van der Waals surface area (Å²) in [6, 6.07) is 6.01. The van der Waals surface area contributed by atoms with Gasteiger partial charge in [0.1, 0.15) is 6.34 Å². The highest BCUT2D eigenvalue weighted by atomic mass is 16.3. The maximum Gasteiger partial charge on any atom is 0.113 e. The van der Waals surface area contributed by atoms with Gasteiger partial charge in [0.15, 0.2) is 0 Å². The number of aliphatic hydroxyl groups excluding tert-OH is 1. The van der Waals surface area contributed by atoms with E-state index in [1.165, 1.54) is 5.56 Å². The van der Waals surface area contributed by atoms with Crippen LogP contribution in [-0.4, -0.2) is 11.4 Å². The Labute approximate surface area is 101 Å². The molecule has 1 atom stereocenters. The Balaban J connectivity index is 2.30. The predicted molar refractivity (Wildman–Crippen MR) is 68.4 cm³/mol. The zero-order valence-electron chi connectivity index (χ0n) is 10.1. The van der Waals surface area contributed by atoms with Crippen molar-refractivity contribution >= 4 is 6.34 Å². The van der Waals surface area contributed by atoms with Crippen molar-refractivity contribution in [3.63, 3.8) is 0 Å². The van der Waals surface area contributed by atoms with Crippen LogP contribution in [0, 0.1) is 6.92 Å². The van der Waals surface area contributed by atoms with Crippen molar-refractivity contribution in [1.29, 1.82) is 0 Å². The number of hydrogen-bond acceptors (Lipinski definition) is 4. The summed E-state index contributed by atoms with van der Waals surface area (Å²) in [7, 11) is 0. The summed E-state index contributed by atoms with van der Waals surface area (Å²) in [6.45, 7) is 4.23. The number of aliphatic hydroxyl groups is 1. The molecule has 17 heavy (non-hydrogen) atoms. The summed E-state index contributed by atoms with van der Waals surface area (Å²) in [5.41, 5.74) is 7.32. The van der Waals surface area contributed by atoms with Crippen LogP contribution in [-0.2, 0) is 6.61 Å². The van der Waals surface area contributed by atoms with Crippen molar-refractivity contribution < 1.29 is 5.11 Å². The van der Waals surface area contributed by atoms with Crippen molar-refractivity contribution in [2.45, 2.75) is 26.4 Å². The van der Waals surface area contributed by atoms with Crippen LogP contribution in [0.25, 0.3) is 0 Å². The monoisotopic (exact) mass is 231 g/mol. The van der Waals surface area contributed by atoms with E-state index in [9.17, 15) is 5.11 Å². The fourth-order valence-corrected chi connectivity index (χ4v) is 2.04. The molecule has 0 bridgehead atoms. The normalized spacial score (nSPS) is 15.8. The molecule has 90 valence electrons. The number of hydrazone groups is 1. The molecule has 0 spiro atoms. The molecule has 1 aliphatic rings. The Hall–Kier alpha value is -1.81. The van der Waals surface area contributed by atoms with Crippen LogP contribution in [0.15, 0.2) is 35.2 Å². The Morgan fingerprint density at radius 2 is 2.24 bits per heavy atom. The van der Waals surface area contributed by atoms with Gasteiger partial charge in [-0.15, -0.1) is 0 Å². The molecule has 0 saturated heterocycles. The summed E-state index contributed by atoms with van der Waals surface area (Å²) in [5, 5.41) is 16.2. The molecule has 2 rings (SSSR count). The Kier molecular flexibility index (Phi) is 3.44. The van der Waals surface area contributed by atoms with E-state index in [2.05, 4.69) is 28.8 Å². The highest BCUT2D eigenvalue weighted by Crippen LogP contribution is 2.27. The molecule has 0 fully saturated rings. The molecule has 0 aromatic heterocycles. The smallest absolute Gasteiger partial charge is 0.113 e. The van der Waals surface area contributed by atoms with E-state index in [-0.39, 0.29) is 12.5 Å². The quantitative estimate of drug-likeness (QED) is 0.740. The van der Waals surface area contributed by atoms with Gasteiger partial charge in [0.05, 0.1) is 12.3 Å². The third-order valence-electron chi connectivity index (χ3n) is 3.16. The average molecular weight is 231 g/mol. The van der Waals surface area contributed by atoms with Gasteiger partial charge in [0.2, 0.25) is 0 Å². The summed E-state index contributed by atoms with van der Waals surface area (Å²) in [4.78, 5) is 0. The van der Waals surface area contributed by atoms with E-state index in [4.69, 9.17) is 0 Å². The third-order valence-corrected chi connectivity index (χ3v) is 3.16. The van der Waals surface area contributed by atoms with E-state index in [0.29, 0.717) is 0 Å². The van der Waals surface area contributed by atoms with Gasteiger partial charge in [-0.3, -0.25) is 5.43 Å². The number of nitrogens with zero attached hydrogens (tertiary/aromatic N) is 1. The lowest BCUT2D eigenvalue weighted by molar-refractivity contribution is 0.281. The van der Waals surface area contributed by atoms with Gasteiger partial charge in [0, 0.05) is 12.1 Å². The molecule has 1 aliphatic heterocycles.